The standard InChI is InChI=1S/C35H36ClNO3S/c1-3-34(39)32-10-5-4-9-31(32)30(17-20-41-23-35(18-19-35)40-24(2)38)27-8-6-7-25(21-27)11-15-29-16-13-26-12-14-28(36)22-33(26)37-29/h4-16,21-22,30,34,39H,3,17-20,23H2,1-2H3. The Balaban J connectivity index is 1.38. The molecule has 0 bridgehead atoms. The van der Waals surface area contributed by atoms with Crippen LogP contribution in [0.15, 0.2) is 78.9 Å². The number of aromatic nitrogens is 1. The molecule has 0 radical (unpaired) electrons. The fourth-order valence-corrected chi connectivity index (χ4v) is 6.73. The van der Waals surface area contributed by atoms with Gasteiger partial charge in [0, 0.05) is 29.0 Å². The molecule has 1 heterocycles. The van der Waals surface area contributed by atoms with Crippen LogP contribution in [0.25, 0.3) is 23.1 Å². The molecule has 0 amide bonds. The predicted molar refractivity (Wildman–Crippen MR) is 171 cm³/mol. The summed E-state index contributed by atoms with van der Waals surface area (Å²) in [4.78, 5) is 16.3. The maximum absolute atomic E-state index is 11.5. The molecule has 1 fully saturated rings. The van der Waals surface area contributed by atoms with Crippen LogP contribution in [0, 0.1) is 0 Å². The minimum atomic E-state index is -0.504. The molecule has 1 aliphatic rings. The van der Waals surface area contributed by atoms with Gasteiger partial charge in [-0.15, -0.1) is 0 Å². The summed E-state index contributed by atoms with van der Waals surface area (Å²) in [5.74, 6) is 1.67. The van der Waals surface area contributed by atoms with Crippen molar-refractivity contribution in [2.24, 2.45) is 0 Å². The van der Waals surface area contributed by atoms with Crippen molar-refractivity contribution in [3.8, 4) is 0 Å². The van der Waals surface area contributed by atoms with Crippen molar-refractivity contribution in [1.29, 1.82) is 0 Å². The van der Waals surface area contributed by atoms with E-state index in [1.165, 1.54) is 12.5 Å². The van der Waals surface area contributed by atoms with Gasteiger partial charge in [0.15, 0.2) is 0 Å². The van der Waals surface area contributed by atoms with Crippen molar-refractivity contribution in [2.75, 3.05) is 11.5 Å². The number of hydrogen-bond acceptors (Lipinski definition) is 5. The van der Waals surface area contributed by atoms with E-state index in [-0.39, 0.29) is 17.5 Å². The van der Waals surface area contributed by atoms with Crippen LogP contribution in [0.5, 0.6) is 0 Å². The minimum Gasteiger partial charge on any atom is -0.458 e. The number of aliphatic hydroxyl groups excluding tert-OH is 1. The van der Waals surface area contributed by atoms with Gasteiger partial charge in [-0.2, -0.15) is 11.8 Å². The monoisotopic (exact) mass is 585 g/mol. The number of halogens is 1. The SMILES string of the molecule is CCC(O)c1ccccc1C(CCSCC1(OC(C)=O)CC1)c1cccc(C=Cc2ccc3ccc(Cl)cc3n2)c1. The van der Waals surface area contributed by atoms with Gasteiger partial charge in [0.05, 0.1) is 17.3 Å². The third-order valence-corrected chi connectivity index (χ3v) is 9.13. The highest BCUT2D eigenvalue weighted by Gasteiger charge is 2.46. The fraction of sp³-hybridized carbons (Fsp3) is 0.314. The van der Waals surface area contributed by atoms with Gasteiger partial charge in [0.1, 0.15) is 5.60 Å². The first kappa shape index (κ1) is 29.4. The summed E-state index contributed by atoms with van der Waals surface area (Å²) in [5, 5.41) is 12.6. The van der Waals surface area contributed by atoms with E-state index < -0.39 is 6.10 Å². The first-order valence-corrected chi connectivity index (χ1v) is 15.8. The Morgan fingerprint density at radius 3 is 2.59 bits per heavy atom. The Kier molecular flexibility index (Phi) is 9.49. The number of hydrogen-bond donors (Lipinski definition) is 1. The molecule has 0 aliphatic heterocycles. The molecule has 3 aromatic carbocycles. The number of carbonyl (C=O) groups is 1. The maximum atomic E-state index is 11.5. The highest BCUT2D eigenvalue weighted by molar-refractivity contribution is 7.99. The van der Waals surface area contributed by atoms with Crippen LogP contribution < -0.4 is 0 Å². The molecule has 0 saturated heterocycles. The molecule has 1 saturated carbocycles. The number of thioether (sulfide) groups is 1. The molecule has 1 aliphatic carbocycles. The Morgan fingerprint density at radius 2 is 1.83 bits per heavy atom. The number of aliphatic hydroxyl groups is 1. The Morgan fingerprint density at radius 1 is 1.05 bits per heavy atom. The van der Waals surface area contributed by atoms with Crippen molar-refractivity contribution >= 4 is 52.4 Å². The molecular weight excluding hydrogens is 550 g/mol. The summed E-state index contributed by atoms with van der Waals surface area (Å²) in [7, 11) is 0. The van der Waals surface area contributed by atoms with Crippen LogP contribution in [0.2, 0.25) is 5.02 Å². The van der Waals surface area contributed by atoms with Crippen LogP contribution >= 0.6 is 23.4 Å². The zero-order valence-electron chi connectivity index (χ0n) is 23.6. The van der Waals surface area contributed by atoms with E-state index in [4.69, 9.17) is 21.3 Å². The molecule has 6 heteroatoms. The van der Waals surface area contributed by atoms with E-state index in [2.05, 4.69) is 48.5 Å². The molecule has 2 unspecified atom stereocenters. The van der Waals surface area contributed by atoms with Crippen molar-refractivity contribution in [3.63, 3.8) is 0 Å². The smallest absolute Gasteiger partial charge is 0.303 e. The second-order valence-electron chi connectivity index (χ2n) is 10.8. The third-order valence-electron chi connectivity index (χ3n) is 7.64. The third kappa shape index (κ3) is 7.59. The first-order valence-electron chi connectivity index (χ1n) is 14.2. The molecule has 1 aromatic heterocycles. The van der Waals surface area contributed by atoms with Crippen LogP contribution in [-0.2, 0) is 9.53 Å². The molecule has 4 aromatic rings. The quantitative estimate of drug-likeness (QED) is 0.133. The molecule has 2 atom stereocenters. The first-order chi connectivity index (χ1) is 19.9. The maximum Gasteiger partial charge on any atom is 0.303 e. The van der Waals surface area contributed by atoms with Gasteiger partial charge in [-0.3, -0.25) is 4.79 Å². The van der Waals surface area contributed by atoms with Crippen LogP contribution in [0.4, 0.5) is 0 Å². The summed E-state index contributed by atoms with van der Waals surface area (Å²) < 4.78 is 5.59. The lowest BCUT2D eigenvalue weighted by atomic mass is 9.84. The van der Waals surface area contributed by atoms with Gasteiger partial charge >= 0.3 is 5.97 Å². The average Bonchev–Trinajstić information content (AvgIpc) is 3.74. The van der Waals surface area contributed by atoms with E-state index in [1.807, 2.05) is 61.2 Å². The van der Waals surface area contributed by atoms with Gasteiger partial charge in [0.25, 0.3) is 0 Å². The number of pyridine rings is 1. The lowest BCUT2D eigenvalue weighted by molar-refractivity contribution is -0.147. The second kappa shape index (κ2) is 13.2. The summed E-state index contributed by atoms with van der Waals surface area (Å²) in [6.07, 6.45) is 7.09. The highest BCUT2D eigenvalue weighted by Crippen LogP contribution is 2.43. The van der Waals surface area contributed by atoms with E-state index in [1.54, 1.807) is 0 Å². The van der Waals surface area contributed by atoms with Crippen LogP contribution in [-0.4, -0.2) is 33.2 Å². The topological polar surface area (TPSA) is 59.4 Å². The normalized spacial score (nSPS) is 15.6. The summed E-state index contributed by atoms with van der Waals surface area (Å²) in [5.41, 5.74) is 5.93. The molecule has 0 spiro atoms. The van der Waals surface area contributed by atoms with Crippen LogP contribution in [0.1, 0.15) is 79.5 Å². The van der Waals surface area contributed by atoms with Crippen molar-refractivity contribution in [3.05, 3.63) is 112 Å². The zero-order valence-corrected chi connectivity index (χ0v) is 25.1. The van der Waals surface area contributed by atoms with Gasteiger partial charge in [-0.1, -0.05) is 85.3 Å². The molecule has 212 valence electrons. The lowest BCUT2D eigenvalue weighted by Gasteiger charge is -2.24. The summed E-state index contributed by atoms with van der Waals surface area (Å²) in [6, 6.07) is 26.7. The minimum absolute atomic E-state index is 0.123. The van der Waals surface area contributed by atoms with Gasteiger partial charge in [0.2, 0.25) is 0 Å². The second-order valence-corrected chi connectivity index (χ2v) is 12.3. The van der Waals surface area contributed by atoms with Gasteiger partial charge in [-0.25, -0.2) is 4.98 Å². The van der Waals surface area contributed by atoms with E-state index in [0.717, 1.165) is 64.1 Å². The van der Waals surface area contributed by atoms with Gasteiger partial charge < -0.3 is 9.84 Å². The summed E-state index contributed by atoms with van der Waals surface area (Å²) in [6.45, 7) is 3.50. The number of nitrogens with zero attached hydrogens (tertiary/aromatic N) is 1. The molecule has 1 N–H and O–H groups in total. The van der Waals surface area contributed by atoms with E-state index in [0.29, 0.717) is 11.4 Å². The van der Waals surface area contributed by atoms with E-state index in [9.17, 15) is 9.90 Å². The van der Waals surface area contributed by atoms with Crippen molar-refractivity contribution < 1.29 is 14.6 Å². The number of rotatable bonds is 12. The van der Waals surface area contributed by atoms with E-state index >= 15 is 0 Å². The largest absolute Gasteiger partial charge is 0.458 e. The number of ether oxygens (including phenoxy) is 1. The predicted octanol–water partition coefficient (Wildman–Crippen LogP) is 8.85. The number of fused-ring (bicyclic) bond motifs is 1. The summed E-state index contributed by atoms with van der Waals surface area (Å²) >= 11 is 8.02. The lowest BCUT2D eigenvalue weighted by Crippen LogP contribution is -2.20. The molecule has 4 nitrogen and oxygen atoms in total. The van der Waals surface area contributed by atoms with Crippen LogP contribution in [0.3, 0.4) is 0 Å². The Hall–Kier alpha value is -3.12. The van der Waals surface area contributed by atoms with Crippen molar-refractivity contribution in [1.82, 2.24) is 4.98 Å². The highest BCUT2D eigenvalue weighted by atomic mass is 35.5. The number of esters is 1. The fourth-order valence-electron chi connectivity index (χ4n) is 5.29. The molecular formula is C35H36ClNO3S. The molecule has 5 rings (SSSR count). The average molecular weight is 586 g/mol. The van der Waals surface area contributed by atoms with Crippen molar-refractivity contribution in [2.45, 2.75) is 57.2 Å². The number of benzene rings is 3. The van der Waals surface area contributed by atoms with Gasteiger partial charge in [-0.05, 0) is 78.0 Å². The zero-order chi connectivity index (χ0) is 28.8. The Bertz CT molecular complexity index is 1550. The number of carbonyl (C=O) groups excluding carboxylic acids is 1. The molecule has 41 heavy (non-hydrogen) atoms. The Labute approximate surface area is 251 Å².